The first kappa shape index (κ1) is 22.7. The van der Waals surface area contributed by atoms with Crippen LogP contribution in [0.5, 0.6) is 0 Å². The highest BCUT2D eigenvalue weighted by Crippen LogP contribution is 2.34. The lowest BCUT2D eigenvalue weighted by Gasteiger charge is -2.35. The molecule has 5 rings (SSSR count). The molecule has 1 saturated heterocycles. The maximum Gasteiger partial charge on any atom is 0.258 e. The summed E-state index contributed by atoms with van der Waals surface area (Å²) in [5, 5.41) is 3.87. The van der Waals surface area contributed by atoms with Crippen LogP contribution in [0, 0.1) is 5.92 Å². The van der Waals surface area contributed by atoms with Crippen molar-refractivity contribution in [3.8, 4) is 0 Å². The molecule has 0 spiro atoms. The van der Waals surface area contributed by atoms with E-state index in [1.807, 2.05) is 34.7 Å². The van der Waals surface area contributed by atoms with Crippen molar-refractivity contribution in [1.29, 1.82) is 0 Å². The molecule has 0 radical (unpaired) electrons. The Bertz CT molecular complexity index is 1210. The number of hydrogen-bond acceptors (Lipinski definition) is 5. The van der Waals surface area contributed by atoms with Crippen molar-refractivity contribution in [2.75, 3.05) is 19.6 Å². The van der Waals surface area contributed by atoms with Crippen molar-refractivity contribution in [3.63, 3.8) is 0 Å². The molecule has 0 bridgehead atoms. The van der Waals surface area contributed by atoms with Crippen LogP contribution in [-0.2, 0) is 16.0 Å². The lowest BCUT2D eigenvalue weighted by molar-refractivity contribution is -0.126. The first-order valence-corrected chi connectivity index (χ1v) is 12.6. The van der Waals surface area contributed by atoms with Gasteiger partial charge in [0.25, 0.3) is 5.91 Å². The third-order valence-electron chi connectivity index (χ3n) is 6.72. The number of thioether (sulfide) groups is 1. The summed E-state index contributed by atoms with van der Waals surface area (Å²) in [7, 11) is 0. The summed E-state index contributed by atoms with van der Waals surface area (Å²) in [5.41, 5.74) is 8.81. The maximum atomic E-state index is 13.1. The van der Waals surface area contributed by atoms with E-state index in [4.69, 9.17) is 5.73 Å². The number of hydrogen-bond donors (Lipinski definition) is 2. The Morgan fingerprint density at radius 2 is 1.91 bits per heavy atom. The number of rotatable bonds is 8. The Kier molecular flexibility index (Phi) is 6.69. The number of carbonyl (C=O) groups excluding carboxylic acids is 2. The molecule has 2 aliphatic heterocycles. The van der Waals surface area contributed by atoms with Crippen LogP contribution in [0.15, 0.2) is 64.7 Å². The third kappa shape index (κ3) is 4.88. The molecular formula is C26H29N5O2S. The zero-order valence-corrected chi connectivity index (χ0v) is 19.8. The number of nitrogens with zero attached hydrogens (tertiary/aromatic N) is 3. The molecule has 2 aromatic heterocycles. The van der Waals surface area contributed by atoms with Gasteiger partial charge < -0.3 is 16.0 Å². The van der Waals surface area contributed by atoms with E-state index in [-0.39, 0.29) is 11.8 Å². The Hall–Kier alpha value is -3.10. The summed E-state index contributed by atoms with van der Waals surface area (Å²) in [6.07, 6.45) is 7.44. The molecule has 0 saturated carbocycles. The van der Waals surface area contributed by atoms with E-state index in [1.165, 1.54) is 17.3 Å². The van der Waals surface area contributed by atoms with Crippen molar-refractivity contribution in [2.45, 2.75) is 36.8 Å². The smallest absolute Gasteiger partial charge is 0.258 e. The second-order valence-corrected chi connectivity index (χ2v) is 10.0. The van der Waals surface area contributed by atoms with Gasteiger partial charge in [0.2, 0.25) is 5.91 Å². The largest absolute Gasteiger partial charge is 0.368 e. The Morgan fingerprint density at radius 3 is 2.68 bits per heavy atom. The van der Waals surface area contributed by atoms with Gasteiger partial charge in [-0.15, -0.1) is 0 Å². The van der Waals surface area contributed by atoms with Gasteiger partial charge in [0.15, 0.2) is 0 Å². The normalized spacial score (nSPS) is 17.4. The first-order valence-electron chi connectivity index (χ1n) is 11.8. The molecule has 1 atom stereocenters. The molecule has 8 heteroatoms. The van der Waals surface area contributed by atoms with Gasteiger partial charge in [0.05, 0.1) is 21.8 Å². The number of nitrogens with two attached hydrogens (primary N) is 1. The number of aromatic nitrogens is 2. The molecule has 4 heterocycles. The van der Waals surface area contributed by atoms with Crippen LogP contribution >= 0.6 is 11.8 Å². The quantitative estimate of drug-likeness (QED) is 0.522. The summed E-state index contributed by atoms with van der Waals surface area (Å²) >= 11 is 1.38. The number of carbonyl (C=O) groups is 2. The second-order valence-electron chi connectivity index (χ2n) is 8.97. The number of nitrogens with one attached hydrogen (secondary N) is 1. The van der Waals surface area contributed by atoms with Gasteiger partial charge in [-0.2, -0.15) is 0 Å². The molecule has 2 amide bonds. The summed E-state index contributed by atoms with van der Waals surface area (Å²) in [6, 6.07) is 15.7. The number of imidazole rings is 1. The Morgan fingerprint density at radius 1 is 1.12 bits per heavy atom. The van der Waals surface area contributed by atoms with Crippen LogP contribution in [0.1, 0.15) is 30.5 Å². The summed E-state index contributed by atoms with van der Waals surface area (Å²) in [5.74, 6) is -0.678. The number of pyridine rings is 1. The maximum absolute atomic E-state index is 13.1. The van der Waals surface area contributed by atoms with E-state index in [9.17, 15) is 9.59 Å². The van der Waals surface area contributed by atoms with Crippen LogP contribution in [0.25, 0.3) is 11.7 Å². The van der Waals surface area contributed by atoms with Gasteiger partial charge in [0, 0.05) is 0 Å². The predicted molar refractivity (Wildman–Crippen MR) is 134 cm³/mol. The van der Waals surface area contributed by atoms with E-state index >= 15 is 0 Å². The van der Waals surface area contributed by atoms with Crippen LogP contribution < -0.4 is 11.1 Å². The molecule has 0 aliphatic carbocycles. The van der Waals surface area contributed by atoms with Gasteiger partial charge in [-0.05, 0) is 75.0 Å². The lowest BCUT2D eigenvalue weighted by Crippen LogP contribution is -2.52. The molecule has 1 aromatic carbocycles. The van der Waals surface area contributed by atoms with E-state index in [2.05, 4.69) is 39.5 Å². The fourth-order valence-electron chi connectivity index (χ4n) is 4.89. The van der Waals surface area contributed by atoms with Gasteiger partial charge >= 0.3 is 0 Å². The fourth-order valence-corrected chi connectivity index (χ4v) is 5.89. The number of piperidine rings is 1. The summed E-state index contributed by atoms with van der Waals surface area (Å²) in [6.45, 7) is 2.87. The van der Waals surface area contributed by atoms with Crippen LogP contribution in [0.3, 0.4) is 0 Å². The van der Waals surface area contributed by atoms with Crippen molar-refractivity contribution in [1.82, 2.24) is 19.6 Å². The minimum Gasteiger partial charge on any atom is -0.368 e. The summed E-state index contributed by atoms with van der Waals surface area (Å²) < 4.78 is 2.01. The van der Waals surface area contributed by atoms with Gasteiger partial charge in [-0.3, -0.25) is 14.0 Å². The fraction of sp³-hybridized carbons (Fsp3) is 0.346. The number of primary amides is 1. The van der Waals surface area contributed by atoms with Crippen molar-refractivity contribution in [3.05, 3.63) is 70.9 Å². The first-order chi connectivity index (χ1) is 16.6. The van der Waals surface area contributed by atoms with Crippen molar-refractivity contribution < 1.29 is 9.59 Å². The van der Waals surface area contributed by atoms with Gasteiger partial charge in [-0.25, -0.2) is 4.98 Å². The molecule has 1 fully saturated rings. The molecule has 1 unspecified atom stereocenters. The lowest BCUT2D eigenvalue weighted by atomic mass is 9.88. The highest BCUT2D eigenvalue weighted by atomic mass is 32.2. The third-order valence-corrected chi connectivity index (χ3v) is 7.77. The summed E-state index contributed by atoms with van der Waals surface area (Å²) in [4.78, 5) is 32.8. The van der Waals surface area contributed by atoms with Crippen LogP contribution in [0.4, 0.5) is 0 Å². The van der Waals surface area contributed by atoms with E-state index in [0.717, 1.165) is 61.7 Å². The highest BCUT2D eigenvalue weighted by molar-refractivity contribution is 8.04. The van der Waals surface area contributed by atoms with E-state index < -0.39 is 11.9 Å². The second kappa shape index (κ2) is 10.0. The number of likely N-dealkylation sites (tertiary alicyclic amines) is 1. The molecular weight excluding hydrogens is 446 g/mol. The number of amides is 2. The SMILES string of the molecule is NC(=O)C(NC(=O)C1=Cc2cnc3cccc(n23)S1)C1CCN(CCCc2ccccc2)CC1. The van der Waals surface area contributed by atoms with Gasteiger partial charge in [-0.1, -0.05) is 48.2 Å². The minimum absolute atomic E-state index is 0.0509. The molecule has 3 aromatic rings. The van der Waals surface area contributed by atoms with Crippen molar-refractivity contribution >= 4 is 35.3 Å². The van der Waals surface area contributed by atoms with Crippen LogP contribution in [-0.4, -0.2) is 51.8 Å². The number of benzene rings is 1. The van der Waals surface area contributed by atoms with E-state index in [1.54, 1.807) is 6.20 Å². The molecule has 176 valence electrons. The Balaban J connectivity index is 1.16. The van der Waals surface area contributed by atoms with E-state index in [0.29, 0.717) is 4.91 Å². The zero-order chi connectivity index (χ0) is 23.5. The highest BCUT2D eigenvalue weighted by Gasteiger charge is 2.32. The average molecular weight is 476 g/mol. The monoisotopic (exact) mass is 475 g/mol. The Labute approximate surface area is 203 Å². The standard InChI is InChI=1S/C26H29N5O2S/c27-25(32)24(19-11-14-30(15-12-19)13-5-8-18-6-2-1-3-7-18)29-26(33)21-16-20-17-28-22-9-4-10-23(34-21)31(20)22/h1-4,6-7,9-10,16-17,19,24H,5,8,11-15H2,(H2,27,32)(H,29,33). The van der Waals surface area contributed by atoms with Crippen molar-refractivity contribution in [2.24, 2.45) is 11.7 Å². The average Bonchev–Trinajstić information content (AvgIpc) is 3.28. The predicted octanol–water partition coefficient (Wildman–Crippen LogP) is 3.10. The molecule has 34 heavy (non-hydrogen) atoms. The van der Waals surface area contributed by atoms with Gasteiger partial charge in [0.1, 0.15) is 11.7 Å². The molecule has 3 N–H and O–H groups in total. The van der Waals surface area contributed by atoms with Crippen LogP contribution in [0.2, 0.25) is 0 Å². The number of aryl methyl sites for hydroxylation is 1. The molecule has 7 nitrogen and oxygen atoms in total. The zero-order valence-electron chi connectivity index (χ0n) is 19.0. The topological polar surface area (TPSA) is 92.7 Å². The molecule has 2 aliphatic rings. The minimum atomic E-state index is -0.664.